The Bertz CT molecular complexity index is 170. The van der Waals surface area contributed by atoms with Crippen LogP contribution < -0.4 is 0 Å². The van der Waals surface area contributed by atoms with Gasteiger partial charge in [-0.1, -0.05) is 37.0 Å². The van der Waals surface area contributed by atoms with Crippen LogP contribution in [0, 0.1) is 0 Å². The minimum Gasteiger partial charge on any atom is -0.386 e. The first kappa shape index (κ1) is 10.2. The Balaban J connectivity index is 3.78. The van der Waals surface area contributed by atoms with Crippen molar-refractivity contribution in [2.24, 2.45) is 0 Å². The summed E-state index contributed by atoms with van der Waals surface area (Å²) >= 11 is 0. The topological polar surface area (TPSA) is 20.2 Å². The van der Waals surface area contributed by atoms with Gasteiger partial charge in [-0.15, -0.1) is 0 Å². The molecule has 62 valence electrons. The molecule has 0 saturated carbocycles. The molecule has 0 atom stereocenters. The van der Waals surface area contributed by atoms with Crippen molar-refractivity contribution in [3.8, 4) is 0 Å². The van der Waals surface area contributed by atoms with Gasteiger partial charge in [0.25, 0.3) is 0 Å². The summed E-state index contributed by atoms with van der Waals surface area (Å²) in [5.41, 5.74) is 0.243. The highest BCUT2D eigenvalue weighted by Crippen LogP contribution is 2.06. The highest BCUT2D eigenvalue weighted by molar-refractivity contribution is 5.15. The third-order valence-electron chi connectivity index (χ3n) is 1.19. The molecule has 0 spiro atoms. The average molecular weight is 152 g/mol. The molecule has 11 heavy (non-hydrogen) atoms. The first-order valence-electron chi connectivity index (χ1n) is 3.66. The number of hydrogen-bond donors (Lipinski definition) is 1. The van der Waals surface area contributed by atoms with Crippen LogP contribution in [0.15, 0.2) is 37.0 Å². The van der Waals surface area contributed by atoms with Gasteiger partial charge in [0.1, 0.15) is 0 Å². The van der Waals surface area contributed by atoms with Crippen LogP contribution in [-0.4, -0.2) is 10.7 Å². The largest absolute Gasteiger partial charge is 0.386 e. The number of rotatable bonds is 4. The van der Waals surface area contributed by atoms with E-state index in [1.807, 2.05) is 6.08 Å². The maximum atomic E-state index is 9.26. The fraction of sp³-hybridized carbons (Fsp3) is 0.400. The molecule has 0 aliphatic carbocycles. The third kappa shape index (κ3) is 7.07. The lowest BCUT2D eigenvalue weighted by atomic mass is 10.1. The summed E-state index contributed by atoms with van der Waals surface area (Å²) in [5.74, 6) is 0. The van der Waals surface area contributed by atoms with Crippen LogP contribution in [0.2, 0.25) is 0 Å². The summed E-state index contributed by atoms with van der Waals surface area (Å²) in [6, 6.07) is 0. The van der Waals surface area contributed by atoms with E-state index in [0.29, 0.717) is 0 Å². The standard InChI is InChI=1S/C10H16O/c1-5-9(2)7-6-8-10(3,4)11/h5-6,8,11H,1-2,7H2,3-4H3. The first-order valence-corrected chi connectivity index (χ1v) is 3.66. The second kappa shape index (κ2) is 4.14. The maximum absolute atomic E-state index is 9.26. The molecule has 0 unspecified atom stereocenters. The SMILES string of the molecule is C=CC(=C)CC=CC(C)(C)O. The Morgan fingerprint density at radius 3 is 2.45 bits per heavy atom. The molecule has 0 amide bonds. The van der Waals surface area contributed by atoms with E-state index >= 15 is 0 Å². The predicted molar refractivity (Wildman–Crippen MR) is 49.4 cm³/mol. The van der Waals surface area contributed by atoms with Gasteiger partial charge in [-0.2, -0.15) is 0 Å². The molecule has 0 aromatic heterocycles. The van der Waals surface area contributed by atoms with Crippen molar-refractivity contribution in [1.82, 2.24) is 0 Å². The fourth-order valence-corrected chi connectivity index (χ4v) is 0.582. The van der Waals surface area contributed by atoms with Gasteiger partial charge >= 0.3 is 0 Å². The van der Waals surface area contributed by atoms with Gasteiger partial charge in [-0.3, -0.25) is 0 Å². The summed E-state index contributed by atoms with van der Waals surface area (Å²) in [7, 11) is 0. The van der Waals surface area contributed by atoms with Gasteiger partial charge in [-0.25, -0.2) is 0 Å². The Hall–Kier alpha value is -0.820. The zero-order valence-electron chi connectivity index (χ0n) is 7.30. The normalized spacial score (nSPS) is 11.9. The van der Waals surface area contributed by atoms with E-state index in [4.69, 9.17) is 0 Å². The van der Waals surface area contributed by atoms with E-state index < -0.39 is 5.60 Å². The maximum Gasteiger partial charge on any atom is 0.0771 e. The minimum atomic E-state index is -0.721. The highest BCUT2D eigenvalue weighted by atomic mass is 16.3. The molecule has 0 rings (SSSR count). The van der Waals surface area contributed by atoms with E-state index in [1.165, 1.54) is 0 Å². The minimum absolute atomic E-state index is 0.721. The summed E-state index contributed by atoms with van der Waals surface area (Å²) in [5, 5.41) is 9.26. The average Bonchev–Trinajstić information content (AvgIpc) is 1.85. The molecule has 0 aliphatic rings. The highest BCUT2D eigenvalue weighted by Gasteiger charge is 2.04. The van der Waals surface area contributed by atoms with Gasteiger partial charge in [0.15, 0.2) is 0 Å². The van der Waals surface area contributed by atoms with Gasteiger partial charge in [0, 0.05) is 0 Å². The molecular formula is C10H16O. The van der Waals surface area contributed by atoms with Crippen molar-refractivity contribution < 1.29 is 5.11 Å². The zero-order chi connectivity index (χ0) is 8.91. The molecule has 0 aromatic carbocycles. The van der Waals surface area contributed by atoms with E-state index in [-0.39, 0.29) is 0 Å². The van der Waals surface area contributed by atoms with Crippen molar-refractivity contribution in [3.63, 3.8) is 0 Å². The number of allylic oxidation sites excluding steroid dienone is 3. The smallest absolute Gasteiger partial charge is 0.0771 e. The number of hydrogen-bond acceptors (Lipinski definition) is 1. The second-order valence-corrected chi connectivity index (χ2v) is 3.12. The van der Waals surface area contributed by atoms with E-state index in [9.17, 15) is 5.11 Å². The second-order valence-electron chi connectivity index (χ2n) is 3.12. The third-order valence-corrected chi connectivity index (χ3v) is 1.19. The lowest BCUT2D eigenvalue weighted by Gasteiger charge is -2.09. The molecule has 1 heteroatoms. The summed E-state index contributed by atoms with van der Waals surface area (Å²) in [4.78, 5) is 0. The van der Waals surface area contributed by atoms with Gasteiger partial charge in [0.2, 0.25) is 0 Å². The van der Waals surface area contributed by atoms with Crippen molar-refractivity contribution in [2.75, 3.05) is 0 Å². The molecule has 0 radical (unpaired) electrons. The van der Waals surface area contributed by atoms with Crippen LogP contribution >= 0.6 is 0 Å². The van der Waals surface area contributed by atoms with E-state index in [2.05, 4.69) is 13.2 Å². The van der Waals surface area contributed by atoms with Crippen LogP contribution in [0.25, 0.3) is 0 Å². The van der Waals surface area contributed by atoms with Crippen LogP contribution in [0.3, 0.4) is 0 Å². The number of aliphatic hydroxyl groups is 1. The molecule has 0 saturated heterocycles. The molecule has 1 nitrogen and oxygen atoms in total. The van der Waals surface area contributed by atoms with E-state index in [1.54, 1.807) is 26.0 Å². The molecule has 0 bridgehead atoms. The quantitative estimate of drug-likeness (QED) is 0.484. The van der Waals surface area contributed by atoms with Crippen molar-refractivity contribution in [3.05, 3.63) is 37.0 Å². The lowest BCUT2D eigenvalue weighted by molar-refractivity contribution is 0.133. The summed E-state index contributed by atoms with van der Waals surface area (Å²) < 4.78 is 0. The first-order chi connectivity index (χ1) is 4.95. The molecular weight excluding hydrogens is 136 g/mol. The monoisotopic (exact) mass is 152 g/mol. The van der Waals surface area contributed by atoms with Gasteiger partial charge in [0.05, 0.1) is 5.60 Å². The molecule has 0 aromatic rings. The molecule has 0 heterocycles. The Morgan fingerprint density at radius 2 is 2.09 bits per heavy atom. The van der Waals surface area contributed by atoms with Gasteiger partial charge < -0.3 is 5.11 Å². The van der Waals surface area contributed by atoms with Crippen LogP contribution in [0.1, 0.15) is 20.3 Å². The molecule has 0 fully saturated rings. The van der Waals surface area contributed by atoms with E-state index in [0.717, 1.165) is 12.0 Å². The zero-order valence-corrected chi connectivity index (χ0v) is 7.30. The lowest BCUT2D eigenvalue weighted by Crippen LogP contribution is -2.13. The molecule has 1 N–H and O–H groups in total. The van der Waals surface area contributed by atoms with Crippen molar-refractivity contribution in [2.45, 2.75) is 25.9 Å². The summed E-state index contributed by atoms with van der Waals surface area (Å²) in [6.07, 6.45) is 6.12. The van der Waals surface area contributed by atoms with Gasteiger partial charge in [-0.05, 0) is 20.3 Å². The Labute approximate surface area is 68.7 Å². The fourth-order valence-electron chi connectivity index (χ4n) is 0.582. The molecule has 0 aliphatic heterocycles. The summed E-state index contributed by atoms with van der Waals surface area (Å²) in [6.45, 7) is 10.8. The predicted octanol–water partition coefficient (Wildman–Crippen LogP) is 2.45. The van der Waals surface area contributed by atoms with Crippen molar-refractivity contribution in [1.29, 1.82) is 0 Å². The van der Waals surface area contributed by atoms with Crippen LogP contribution in [-0.2, 0) is 0 Å². The Morgan fingerprint density at radius 1 is 1.55 bits per heavy atom. The Kier molecular flexibility index (Phi) is 3.83. The van der Waals surface area contributed by atoms with Crippen LogP contribution in [0.4, 0.5) is 0 Å². The van der Waals surface area contributed by atoms with Crippen LogP contribution in [0.5, 0.6) is 0 Å². The van der Waals surface area contributed by atoms with Crippen molar-refractivity contribution >= 4 is 0 Å².